The number of ether oxygens (including phenoxy) is 1. The topological polar surface area (TPSA) is 95.2 Å². The Hall–Kier alpha value is -3.65. The van der Waals surface area contributed by atoms with Crippen LogP contribution in [0.3, 0.4) is 0 Å². The summed E-state index contributed by atoms with van der Waals surface area (Å²) in [4.78, 5) is 18.8. The minimum absolute atomic E-state index is 0.453. The molecule has 0 radical (unpaired) electrons. The number of morpholine rings is 1. The van der Waals surface area contributed by atoms with Crippen molar-refractivity contribution < 1.29 is 9.53 Å². The Bertz CT molecular complexity index is 1060. The number of hydrogen-bond acceptors (Lipinski definition) is 7. The van der Waals surface area contributed by atoms with Crippen molar-refractivity contribution in [3.05, 3.63) is 60.1 Å². The molecule has 0 amide bonds. The van der Waals surface area contributed by atoms with Crippen LogP contribution in [0.2, 0.25) is 0 Å². The molecule has 1 unspecified atom stereocenters. The lowest BCUT2D eigenvalue weighted by Crippen LogP contribution is -2.36. The van der Waals surface area contributed by atoms with Crippen LogP contribution in [-0.4, -0.2) is 47.8 Å². The zero-order chi connectivity index (χ0) is 20.3. The molecule has 2 aromatic heterocycles. The first-order valence-electron chi connectivity index (χ1n) is 9.93. The highest BCUT2D eigenvalue weighted by molar-refractivity contribution is 5.80. The number of nitrogens with one attached hydrogen (secondary N) is 3. The molecule has 1 atom stereocenters. The monoisotopic (exact) mass is 402 g/mol. The van der Waals surface area contributed by atoms with Crippen molar-refractivity contribution in [3.8, 4) is 11.3 Å². The minimum Gasteiger partial charge on any atom is -0.378 e. The quantitative estimate of drug-likeness (QED) is 0.565. The largest absolute Gasteiger partial charge is 0.378 e. The number of hydrogen-bond donors (Lipinski definition) is 3. The van der Waals surface area contributed by atoms with Crippen LogP contribution in [0.15, 0.2) is 48.9 Å². The summed E-state index contributed by atoms with van der Waals surface area (Å²) in [6.07, 6.45) is 8.18. The fourth-order valence-electron chi connectivity index (χ4n) is 3.82. The molecule has 4 heterocycles. The second kappa shape index (κ2) is 8.00. The summed E-state index contributed by atoms with van der Waals surface area (Å²) in [6.45, 7) is 3.30. The highest BCUT2D eigenvalue weighted by atomic mass is 16.5. The summed E-state index contributed by atoms with van der Waals surface area (Å²) in [6, 6.07) is 9.77. The molecule has 0 bridgehead atoms. The van der Waals surface area contributed by atoms with Crippen molar-refractivity contribution in [1.29, 1.82) is 0 Å². The number of aldehydes is 1. The number of rotatable bonds is 5. The number of pyridine rings is 1. The lowest BCUT2D eigenvalue weighted by atomic mass is 9.97. The summed E-state index contributed by atoms with van der Waals surface area (Å²) < 4.78 is 5.43. The highest BCUT2D eigenvalue weighted by Crippen LogP contribution is 2.34. The predicted molar refractivity (Wildman–Crippen MR) is 116 cm³/mol. The normalized spacial score (nSPS) is 17.9. The smallest absolute Gasteiger partial charge is 0.146 e. The highest BCUT2D eigenvalue weighted by Gasteiger charge is 2.23. The van der Waals surface area contributed by atoms with Crippen molar-refractivity contribution in [1.82, 2.24) is 20.5 Å². The second-order valence-electron chi connectivity index (χ2n) is 7.23. The Morgan fingerprint density at radius 3 is 2.77 bits per heavy atom. The van der Waals surface area contributed by atoms with Gasteiger partial charge < -0.3 is 25.1 Å². The van der Waals surface area contributed by atoms with Gasteiger partial charge in [-0.1, -0.05) is 0 Å². The fraction of sp³-hybridized carbons (Fsp3) is 0.227. The average molecular weight is 402 g/mol. The van der Waals surface area contributed by atoms with Crippen molar-refractivity contribution in [2.24, 2.45) is 0 Å². The molecule has 0 saturated carbocycles. The van der Waals surface area contributed by atoms with Gasteiger partial charge in [-0.25, -0.2) is 4.98 Å². The standard InChI is InChI=1S/C22H22N6O2/c29-14-20-21-15(5-6-23-20)11-19(16-12-24-25-13-16)27-22(21)26-17-1-3-18(4-2-17)28-7-9-30-10-8-28/h1-6,11-14,20,23H,7-10H2,(H,24,25)(H,26,27). The van der Waals surface area contributed by atoms with Gasteiger partial charge in [-0.15, -0.1) is 0 Å². The van der Waals surface area contributed by atoms with Gasteiger partial charge in [0, 0.05) is 41.8 Å². The van der Waals surface area contributed by atoms with Crippen LogP contribution in [0, 0.1) is 0 Å². The zero-order valence-electron chi connectivity index (χ0n) is 16.3. The van der Waals surface area contributed by atoms with E-state index in [1.54, 1.807) is 18.6 Å². The predicted octanol–water partition coefficient (Wildman–Crippen LogP) is 2.87. The average Bonchev–Trinajstić information content (AvgIpc) is 3.35. The summed E-state index contributed by atoms with van der Waals surface area (Å²) in [5.41, 5.74) is 5.53. The van der Waals surface area contributed by atoms with E-state index in [1.165, 1.54) is 5.69 Å². The molecule has 0 spiro atoms. The third-order valence-electron chi connectivity index (χ3n) is 5.38. The van der Waals surface area contributed by atoms with Crippen LogP contribution in [0.1, 0.15) is 17.2 Å². The Labute approximate surface area is 174 Å². The van der Waals surface area contributed by atoms with Crippen LogP contribution >= 0.6 is 0 Å². The first-order valence-corrected chi connectivity index (χ1v) is 9.93. The van der Waals surface area contributed by atoms with Gasteiger partial charge in [-0.05, 0) is 48.2 Å². The number of aromatic amines is 1. The summed E-state index contributed by atoms with van der Waals surface area (Å²) >= 11 is 0. The Kier molecular flexibility index (Phi) is 4.90. The molecule has 1 aromatic carbocycles. The van der Waals surface area contributed by atoms with Crippen LogP contribution < -0.4 is 15.5 Å². The fourth-order valence-corrected chi connectivity index (χ4v) is 3.82. The number of nitrogens with zero attached hydrogens (tertiary/aromatic N) is 3. The van der Waals surface area contributed by atoms with Crippen LogP contribution in [0.5, 0.6) is 0 Å². The van der Waals surface area contributed by atoms with Gasteiger partial charge in [0.1, 0.15) is 18.1 Å². The van der Waals surface area contributed by atoms with Crippen molar-refractivity contribution in [2.45, 2.75) is 6.04 Å². The van der Waals surface area contributed by atoms with Gasteiger partial charge in [0.2, 0.25) is 0 Å². The van der Waals surface area contributed by atoms with Gasteiger partial charge in [0.15, 0.2) is 0 Å². The first kappa shape index (κ1) is 18.4. The van der Waals surface area contributed by atoms with Crippen molar-refractivity contribution in [3.63, 3.8) is 0 Å². The molecular weight excluding hydrogens is 380 g/mol. The lowest BCUT2D eigenvalue weighted by Gasteiger charge is -2.29. The van der Waals surface area contributed by atoms with E-state index in [2.05, 4.69) is 37.9 Å². The number of aromatic nitrogens is 3. The molecule has 2 aliphatic heterocycles. The molecular formula is C22H22N6O2. The zero-order valence-corrected chi connectivity index (χ0v) is 16.3. The van der Waals surface area contributed by atoms with Crippen LogP contribution in [0.25, 0.3) is 17.3 Å². The molecule has 8 nitrogen and oxygen atoms in total. The Morgan fingerprint density at radius 2 is 2.03 bits per heavy atom. The van der Waals surface area contributed by atoms with Crippen LogP contribution in [0.4, 0.5) is 17.2 Å². The van der Waals surface area contributed by atoms with E-state index in [0.717, 1.165) is 60.7 Å². The van der Waals surface area contributed by atoms with Gasteiger partial charge in [0.05, 0.1) is 25.1 Å². The molecule has 8 heteroatoms. The number of benzene rings is 1. The molecule has 2 aliphatic rings. The SMILES string of the molecule is O=CC1NC=Cc2cc(-c3cn[nH]c3)nc(Nc3ccc(N4CCOCC4)cc3)c21. The molecule has 0 aliphatic carbocycles. The maximum Gasteiger partial charge on any atom is 0.146 e. The number of anilines is 3. The van der Waals surface area contributed by atoms with Crippen LogP contribution in [-0.2, 0) is 9.53 Å². The summed E-state index contributed by atoms with van der Waals surface area (Å²) in [7, 11) is 0. The van der Waals surface area contributed by atoms with E-state index >= 15 is 0 Å². The van der Waals surface area contributed by atoms with E-state index in [9.17, 15) is 4.79 Å². The molecule has 3 N–H and O–H groups in total. The molecule has 30 heavy (non-hydrogen) atoms. The van der Waals surface area contributed by atoms with E-state index in [1.807, 2.05) is 24.3 Å². The van der Waals surface area contributed by atoms with Gasteiger partial charge >= 0.3 is 0 Å². The molecule has 152 valence electrons. The number of H-pyrrole nitrogens is 1. The second-order valence-corrected chi connectivity index (χ2v) is 7.23. The third kappa shape index (κ3) is 3.53. The van der Waals surface area contributed by atoms with E-state index in [4.69, 9.17) is 9.72 Å². The van der Waals surface area contributed by atoms with Gasteiger partial charge in [-0.2, -0.15) is 5.10 Å². The third-order valence-corrected chi connectivity index (χ3v) is 5.38. The Morgan fingerprint density at radius 1 is 1.20 bits per heavy atom. The minimum atomic E-state index is -0.453. The van der Waals surface area contributed by atoms with E-state index in [-0.39, 0.29) is 0 Å². The van der Waals surface area contributed by atoms with Crippen molar-refractivity contribution >= 4 is 29.6 Å². The van der Waals surface area contributed by atoms with E-state index in [0.29, 0.717) is 5.82 Å². The van der Waals surface area contributed by atoms with E-state index < -0.39 is 6.04 Å². The maximum atomic E-state index is 11.7. The molecule has 3 aromatic rings. The molecule has 5 rings (SSSR count). The molecule has 1 saturated heterocycles. The molecule has 1 fully saturated rings. The first-order chi connectivity index (χ1) is 14.8. The van der Waals surface area contributed by atoms with Crippen molar-refractivity contribution in [2.75, 3.05) is 36.5 Å². The number of carbonyl (C=O) groups is 1. The maximum absolute atomic E-state index is 11.7. The lowest BCUT2D eigenvalue weighted by molar-refractivity contribution is -0.109. The Balaban J connectivity index is 1.49. The number of carbonyl (C=O) groups excluding carboxylic acids is 1. The van der Waals surface area contributed by atoms with Gasteiger partial charge in [0.25, 0.3) is 0 Å². The number of fused-ring (bicyclic) bond motifs is 1. The van der Waals surface area contributed by atoms with Gasteiger partial charge in [-0.3, -0.25) is 5.10 Å². The summed E-state index contributed by atoms with van der Waals surface area (Å²) in [5.74, 6) is 0.650. The summed E-state index contributed by atoms with van der Waals surface area (Å²) in [5, 5.41) is 13.4.